The second-order valence-corrected chi connectivity index (χ2v) is 8.02. The van der Waals surface area contributed by atoms with E-state index in [0.717, 1.165) is 5.56 Å². The number of nitrogens with one attached hydrogen (secondary N) is 1. The molecule has 8 heteroatoms. The normalized spacial score (nSPS) is 10.8. The Hall–Kier alpha value is -3.48. The first-order valence-corrected chi connectivity index (χ1v) is 10.7. The van der Waals surface area contributed by atoms with Crippen molar-refractivity contribution in [2.24, 2.45) is 0 Å². The Balaban J connectivity index is 1.74. The van der Waals surface area contributed by atoms with Crippen molar-refractivity contribution < 1.29 is 18.7 Å². The molecule has 4 rings (SSSR count). The number of carbonyl (C=O) groups is 1. The quantitative estimate of drug-likeness (QED) is 0.358. The van der Waals surface area contributed by atoms with Gasteiger partial charge in [0.2, 0.25) is 11.2 Å². The van der Waals surface area contributed by atoms with Crippen molar-refractivity contribution in [2.45, 2.75) is 6.92 Å². The van der Waals surface area contributed by atoms with E-state index in [1.54, 1.807) is 54.6 Å². The Bertz CT molecular complexity index is 1410. The fraction of sp³-hybridized carbons (Fsp3) is 0.120. The van der Waals surface area contributed by atoms with Gasteiger partial charge in [0, 0.05) is 10.6 Å². The first-order valence-electron chi connectivity index (χ1n) is 9.96. The van der Waals surface area contributed by atoms with Crippen LogP contribution >= 0.6 is 23.2 Å². The minimum Gasteiger partial charge on any atom is -0.495 e. The zero-order valence-electron chi connectivity index (χ0n) is 17.8. The number of fused-ring (bicyclic) bond motifs is 1. The first kappa shape index (κ1) is 22.7. The van der Waals surface area contributed by atoms with E-state index in [4.69, 9.17) is 37.1 Å². The van der Waals surface area contributed by atoms with Crippen LogP contribution in [0.2, 0.25) is 10.0 Å². The fourth-order valence-electron chi connectivity index (χ4n) is 3.32. The van der Waals surface area contributed by atoms with Crippen molar-refractivity contribution in [1.29, 1.82) is 0 Å². The highest BCUT2D eigenvalue weighted by Gasteiger charge is 2.21. The van der Waals surface area contributed by atoms with Gasteiger partial charge in [-0.25, -0.2) is 0 Å². The summed E-state index contributed by atoms with van der Waals surface area (Å²) in [6.45, 7) is 1.37. The SMILES string of the molecule is COc1ccccc1NC(=O)COc1c(-c2ccccc2Cl)oc2cc(C)c(Cl)cc2c1=O. The van der Waals surface area contributed by atoms with Crippen molar-refractivity contribution in [3.63, 3.8) is 0 Å². The van der Waals surface area contributed by atoms with Gasteiger partial charge in [0.25, 0.3) is 5.91 Å². The second kappa shape index (κ2) is 9.57. The highest BCUT2D eigenvalue weighted by molar-refractivity contribution is 6.33. The average Bonchev–Trinajstić information content (AvgIpc) is 2.80. The summed E-state index contributed by atoms with van der Waals surface area (Å²) < 4.78 is 17.0. The fourth-order valence-corrected chi connectivity index (χ4v) is 3.71. The zero-order chi connectivity index (χ0) is 23.5. The van der Waals surface area contributed by atoms with Crippen molar-refractivity contribution in [3.05, 3.63) is 86.5 Å². The lowest BCUT2D eigenvalue weighted by molar-refractivity contribution is -0.118. The minimum atomic E-state index is -0.481. The van der Waals surface area contributed by atoms with Gasteiger partial charge in [0.05, 0.1) is 23.2 Å². The molecule has 1 heterocycles. The topological polar surface area (TPSA) is 77.8 Å². The molecule has 0 saturated carbocycles. The number of anilines is 1. The predicted molar refractivity (Wildman–Crippen MR) is 130 cm³/mol. The predicted octanol–water partition coefficient (Wildman–Crippen LogP) is 6.10. The summed E-state index contributed by atoms with van der Waals surface area (Å²) in [4.78, 5) is 25.9. The molecule has 0 aliphatic rings. The molecule has 0 unspecified atom stereocenters. The molecule has 0 atom stereocenters. The Morgan fingerprint density at radius 1 is 1.03 bits per heavy atom. The van der Waals surface area contributed by atoms with Crippen LogP contribution in [0, 0.1) is 6.92 Å². The van der Waals surface area contributed by atoms with Crippen molar-refractivity contribution in [2.75, 3.05) is 19.0 Å². The molecular formula is C25H19Cl2NO5. The molecule has 0 bridgehead atoms. The highest BCUT2D eigenvalue weighted by Crippen LogP contribution is 2.36. The van der Waals surface area contributed by atoms with Crippen molar-refractivity contribution in [1.82, 2.24) is 0 Å². The number of amides is 1. The van der Waals surface area contributed by atoms with Crippen LogP contribution in [0.4, 0.5) is 5.69 Å². The number of benzene rings is 3. The lowest BCUT2D eigenvalue weighted by Gasteiger charge is -2.14. The summed E-state index contributed by atoms with van der Waals surface area (Å²) in [6, 6.07) is 17.1. The summed E-state index contributed by atoms with van der Waals surface area (Å²) in [5, 5.41) is 3.73. The Morgan fingerprint density at radius 3 is 2.52 bits per heavy atom. The lowest BCUT2D eigenvalue weighted by Crippen LogP contribution is -2.23. The Morgan fingerprint density at radius 2 is 1.76 bits per heavy atom. The summed E-state index contributed by atoms with van der Waals surface area (Å²) in [6.07, 6.45) is 0. The number of hydrogen-bond donors (Lipinski definition) is 1. The van der Waals surface area contributed by atoms with E-state index in [2.05, 4.69) is 5.32 Å². The molecule has 6 nitrogen and oxygen atoms in total. The number of methoxy groups -OCH3 is 1. The van der Waals surface area contributed by atoms with Crippen LogP contribution in [-0.2, 0) is 4.79 Å². The highest BCUT2D eigenvalue weighted by atomic mass is 35.5. The molecule has 0 aliphatic carbocycles. The van der Waals surface area contributed by atoms with E-state index in [0.29, 0.717) is 32.6 Å². The smallest absolute Gasteiger partial charge is 0.262 e. The third kappa shape index (κ3) is 4.67. The summed E-state index contributed by atoms with van der Waals surface area (Å²) in [5.74, 6) is 0.0134. The van der Waals surface area contributed by atoms with Gasteiger partial charge in [-0.15, -0.1) is 0 Å². The molecule has 0 fully saturated rings. The van der Waals surface area contributed by atoms with E-state index in [-0.39, 0.29) is 16.9 Å². The maximum atomic E-state index is 13.3. The Kier molecular flexibility index (Phi) is 6.58. The van der Waals surface area contributed by atoms with Gasteiger partial charge in [-0.1, -0.05) is 47.5 Å². The van der Waals surface area contributed by atoms with Crippen LogP contribution in [-0.4, -0.2) is 19.6 Å². The average molecular weight is 484 g/mol. The number of rotatable bonds is 6. The molecule has 168 valence electrons. The lowest BCUT2D eigenvalue weighted by atomic mass is 10.1. The van der Waals surface area contributed by atoms with Gasteiger partial charge in [-0.3, -0.25) is 9.59 Å². The van der Waals surface area contributed by atoms with E-state index in [1.165, 1.54) is 13.2 Å². The van der Waals surface area contributed by atoms with Crippen LogP contribution in [0.1, 0.15) is 5.56 Å². The maximum absolute atomic E-state index is 13.3. The van der Waals surface area contributed by atoms with Gasteiger partial charge in [-0.2, -0.15) is 0 Å². The van der Waals surface area contributed by atoms with Gasteiger partial charge in [0.15, 0.2) is 12.4 Å². The van der Waals surface area contributed by atoms with Crippen LogP contribution in [0.25, 0.3) is 22.3 Å². The van der Waals surface area contributed by atoms with Crippen molar-refractivity contribution >= 4 is 45.8 Å². The summed E-state index contributed by atoms with van der Waals surface area (Å²) in [7, 11) is 1.50. The van der Waals surface area contributed by atoms with E-state index < -0.39 is 17.9 Å². The minimum absolute atomic E-state index is 0.130. The number of para-hydroxylation sites is 2. The standard InChI is InChI=1S/C25H19Cl2NO5/c1-14-11-21-16(12-18(14)27)23(30)25(24(33-21)15-7-3-4-8-17(15)26)32-13-22(29)28-19-9-5-6-10-20(19)31-2/h3-12H,13H2,1-2H3,(H,28,29). The maximum Gasteiger partial charge on any atom is 0.262 e. The van der Waals surface area contributed by atoms with E-state index in [9.17, 15) is 9.59 Å². The number of aryl methyl sites for hydroxylation is 1. The molecule has 0 aliphatic heterocycles. The molecule has 3 aromatic carbocycles. The van der Waals surface area contributed by atoms with Crippen molar-refractivity contribution in [3.8, 4) is 22.8 Å². The van der Waals surface area contributed by atoms with E-state index >= 15 is 0 Å². The molecule has 0 spiro atoms. The molecule has 1 aromatic heterocycles. The molecule has 1 amide bonds. The van der Waals surface area contributed by atoms with Crippen LogP contribution in [0.5, 0.6) is 11.5 Å². The number of halogens is 2. The van der Waals surface area contributed by atoms with Crippen LogP contribution < -0.4 is 20.2 Å². The number of carbonyl (C=O) groups excluding carboxylic acids is 1. The molecular weight excluding hydrogens is 465 g/mol. The third-order valence-electron chi connectivity index (χ3n) is 4.98. The largest absolute Gasteiger partial charge is 0.495 e. The van der Waals surface area contributed by atoms with Crippen LogP contribution in [0.3, 0.4) is 0 Å². The third-order valence-corrected chi connectivity index (χ3v) is 5.71. The Labute approximate surface area is 199 Å². The first-order chi connectivity index (χ1) is 15.9. The monoisotopic (exact) mass is 483 g/mol. The van der Waals surface area contributed by atoms with Crippen LogP contribution in [0.15, 0.2) is 69.9 Å². The second-order valence-electron chi connectivity index (χ2n) is 7.20. The summed E-state index contributed by atoms with van der Waals surface area (Å²) in [5.41, 5.74) is 1.57. The zero-order valence-corrected chi connectivity index (χ0v) is 19.3. The molecule has 1 N–H and O–H groups in total. The van der Waals surface area contributed by atoms with E-state index in [1.807, 2.05) is 6.92 Å². The van der Waals surface area contributed by atoms with Gasteiger partial charge < -0.3 is 19.2 Å². The summed E-state index contributed by atoms with van der Waals surface area (Å²) >= 11 is 12.6. The number of hydrogen-bond acceptors (Lipinski definition) is 5. The molecule has 0 radical (unpaired) electrons. The van der Waals surface area contributed by atoms with Gasteiger partial charge in [-0.05, 0) is 48.9 Å². The van der Waals surface area contributed by atoms with Gasteiger partial charge >= 0.3 is 0 Å². The van der Waals surface area contributed by atoms with Gasteiger partial charge in [0.1, 0.15) is 11.3 Å². The molecule has 4 aromatic rings. The molecule has 0 saturated heterocycles. The molecule has 33 heavy (non-hydrogen) atoms. The number of ether oxygens (including phenoxy) is 2.